The Balaban J connectivity index is 2.01. The molecule has 0 aliphatic rings. The van der Waals surface area contributed by atoms with Gasteiger partial charge in [0.2, 0.25) is 11.1 Å². The van der Waals surface area contributed by atoms with Crippen LogP contribution in [0.4, 0.5) is 5.69 Å². The molecular weight excluding hydrogens is 334 g/mol. The van der Waals surface area contributed by atoms with Crippen LogP contribution in [0, 0.1) is 6.92 Å². The van der Waals surface area contributed by atoms with Crippen LogP contribution in [0.5, 0.6) is 0 Å². The van der Waals surface area contributed by atoms with Crippen molar-refractivity contribution in [1.82, 2.24) is 14.9 Å². The normalized spacial score (nSPS) is 10.2. The molecule has 0 atom stereocenters. The number of nitrogens with two attached hydrogens (primary N) is 1. The average molecular weight is 349 g/mol. The predicted molar refractivity (Wildman–Crippen MR) is 88.3 cm³/mol. The fourth-order valence-electron chi connectivity index (χ4n) is 1.74. The molecular formula is C14H15N5O4S. The highest BCUT2D eigenvalue weighted by Crippen LogP contribution is 2.14. The molecule has 0 radical (unpaired) electrons. The molecule has 0 fully saturated rings. The predicted octanol–water partition coefficient (Wildman–Crippen LogP) is 0.178. The third kappa shape index (κ3) is 4.10. The van der Waals surface area contributed by atoms with Gasteiger partial charge < -0.3 is 15.9 Å². The van der Waals surface area contributed by atoms with Crippen LogP contribution in [0.3, 0.4) is 0 Å². The number of carbonyl (C=O) groups excluding carboxylic acids is 2. The Morgan fingerprint density at radius 1 is 1.38 bits per heavy atom. The molecule has 2 rings (SSSR count). The van der Waals surface area contributed by atoms with Crippen LogP contribution in [0.15, 0.2) is 34.2 Å². The number of carbonyl (C=O) groups is 2. The van der Waals surface area contributed by atoms with Crippen molar-refractivity contribution in [2.24, 2.45) is 0 Å². The molecule has 2 aromatic rings. The molecule has 1 aromatic carbocycles. The van der Waals surface area contributed by atoms with Crippen LogP contribution < -0.4 is 16.7 Å². The standard InChI is InChI=1S/C14H15N5O4S/c1-8-12(21)19(15)14(18-17-8)24-7-11(20)16-10-5-3-4-9(6-10)13(22)23-2/h3-6H,7,15H2,1-2H3,(H,16,20). The summed E-state index contributed by atoms with van der Waals surface area (Å²) in [7, 11) is 1.28. The van der Waals surface area contributed by atoms with Gasteiger partial charge in [0.15, 0.2) is 0 Å². The molecule has 1 amide bonds. The average Bonchev–Trinajstić information content (AvgIpc) is 2.58. The molecule has 0 unspecified atom stereocenters. The van der Waals surface area contributed by atoms with Gasteiger partial charge in [0.05, 0.1) is 18.4 Å². The minimum Gasteiger partial charge on any atom is -0.465 e. The number of hydrogen-bond donors (Lipinski definition) is 2. The summed E-state index contributed by atoms with van der Waals surface area (Å²) >= 11 is 0.973. The zero-order valence-corrected chi connectivity index (χ0v) is 13.8. The number of aryl methyl sites for hydroxylation is 1. The Bertz CT molecular complexity index is 836. The number of nitrogens with one attached hydrogen (secondary N) is 1. The lowest BCUT2D eigenvalue weighted by Gasteiger charge is -2.08. The molecule has 0 spiro atoms. The van der Waals surface area contributed by atoms with E-state index in [4.69, 9.17) is 5.84 Å². The molecule has 0 bridgehead atoms. The number of ether oxygens (including phenoxy) is 1. The first-order valence-electron chi connectivity index (χ1n) is 6.75. The van der Waals surface area contributed by atoms with Crippen molar-refractivity contribution in [3.05, 3.63) is 45.9 Å². The van der Waals surface area contributed by atoms with Crippen LogP contribution in [-0.2, 0) is 9.53 Å². The van der Waals surface area contributed by atoms with Crippen LogP contribution in [-0.4, -0.2) is 39.6 Å². The quantitative estimate of drug-likeness (QED) is 0.444. The van der Waals surface area contributed by atoms with Crippen LogP contribution in [0.2, 0.25) is 0 Å². The molecule has 24 heavy (non-hydrogen) atoms. The summed E-state index contributed by atoms with van der Waals surface area (Å²) in [6.45, 7) is 1.49. The molecule has 0 saturated carbocycles. The molecule has 0 saturated heterocycles. The van der Waals surface area contributed by atoms with Crippen molar-refractivity contribution in [2.45, 2.75) is 12.1 Å². The smallest absolute Gasteiger partial charge is 0.337 e. The van der Waals surface area contributed by atoms with Gasteiger partial charge >= 0.3 is 5.97 Å². The van der Waals surface area contributed by atoms with Crippen LogP contribution >= 0.6 is 11.8 Å². The first-order valence-corrected chi connectivity index (χ1v) is 7.73. The summed E-state index contributed by atoms with van der Waals surface area (Å²) in [5, 5.41) is 10.2. The van der Waals surface area contributed by atoms with E-state index in [1.807, 2.05) is 0 Å². The minimum atomic E-state index is -0.498. The third-order valence-corrected chi connectivity index (χ3v) is 3.86. The van der Waals surface area contributed by atoms with Crippen molar-refractivity contribution in [1.29, 1.82) is 0 Å². The van der Waals surface area contributed by atoms with Crippen molar-refractivity contribution < 1.29 is 14.3 Å². The highest BCUT2D eigenvalue weighted by Gasteiger charge is 2.11. The third-order valence-electron chi connectivity index (χ3n) is 2.92. The van der Waals surface area contributed by atoms with E-state index in [-0.39, 0.29) is 22.5 Å². The lowest BCUT2D eigenvalue weighted by Crippen LogP contribution is -2.32. The fourth-order valence-corrected chi connectivity index (χ4v) is 2.39. The molecule has 10 heteroatoms. The lowest BCUT2D eigenvalue weighted by atomic mass is 10.2. The molecule has 0 aliphatic heterocycles. The van der Waals surface area contributed by atoms with Gasteiger partial charge in [-0.1, -0.05) is 17.8 Å². The van der Waals surface area contributed by atoms with Gasteiger partial charge in [-0.25, -0.2) is 4.79 Å². The summed E-state index contributed by atoms with van der Waals surface area (Å²) in [6, 6.07) is 6.34. The van der Waals surface area contributed by atoms with Gasteiger partial charge in [0, 0.05) is 5.69 Å². The van der Waals surface area contributed by atoms with E-state index < -0.39 is 11.5 Å². The number of rotatable bonds is 5. The van der Waals surface area contributed by atoms with E-state index in [0.717, 1.165) is 16.4 Å². The Labute approximate surface area is 141 Å². The molecule has 1 aromatic heterocycles. The number of methoxy groups -OCH3 is 1. The van der Waals surface area contributed by atoms with E-state index in [1.165, 1.54) is 20.1 Å². The second-order valence-electron chi connectivity index (χ2n) is 4.65. The number of anilines is 1. The number of esters is 1. The molecule has 126 valence electrons. The number of nitrogens with zero attached hydrogens (tertiary/aromatic N) is 3. The van der Waals surface area contributed by atoms with Gasteiger partial charge in [-0.15, -0.1) is 10.2 Å². The van der Waals surface area contributed by atoms with Crippen molar-refractivity contribution >= 4 is 29.3 Å². The Morgan fingerprint density at radius 3 is 2.83 bits per heavy atom. The molecule has 9 nitrogen and oxygen atoms in total. The minimum absolute atomic E-state index is 0.0309. The van der Waals surface area contributed by atoms with E-state index in [9.17, 15) is 14.4 Å². The number of amides is 1. The zero-order chi connectivity index (χ0) is 17.7. The largest absolute Gasteiger partial charge is 0.465 e. The zero-order valence-electron chi connectivity index (χ0n) is 13.0. The maximum Gasteiger partial charge on any atom is 0.337 e. The number of benzene rings is 1. The molecule has 1 heterocycles. The Kier molecular flexibility index (Phi) is 5.53. The van der Waals surface area contributed by atoms with Gasteiger partial charge in [-0.05, 0) is 25.1 Å². The van der Waals surface area contributed by atoms with E-state index in [2.05, 4.69) is 20.3 Å². The maximum atomic E-state index is 12.0. The summed E-state index contributed by atoms with van der Waals surface area (Å²) in [5.74, 6) is 4.71. The fraction of sp³-hybridized carbons (Fsp3) is 0.214. The highest BCUT2D eigenvalue weighted by molar-refractivity contribution is 7.99. The molecule has 0 aliphatic carbocycles. The van der Waals surface area contributed by atoms with Gasteiger partial charge in [0.1, 0.15) is 5.69 Å². The summed E-state index contributed by atoms with van der Waals surface area (Å²) in [4.78, 5) is 35.1. The van der Waals surface area contributed by atoms with Gasteiger partial charge in [-0.2, -0.15) is 4.68 Å². The topological polar surface area (TPSA) is 129 Å². The second-order valence-corrected chi connectivity index (χ2v) is 5.59. The highest BCUT2D eigenvalue weighted by atomic mass is 32.2. The summed E-state index contributed by atoms with van der Waals surface area (Å²) in [6.07, 6.45) is 0. The van der Waals surface area contributed by atoms with E-state index in [1.54, 1.807) is 18.2 Å². The van der Waals surface area contributed by atoms with Crippen molar-refractivity contribution in [3.63, 3.8) is 0 Å². The first kappa shape index (κ1) is 17.5. The second kappa shape index (κ2) is 7.59. The monoisotopic (exact) mass is 349 g/mol. The van der Waals surface area contributed by atoms with E-state index >= 15 is 0 Å². The van der Waals surface area contributed by atoms with Gasteiger partial charge in [0.25, 0.3) is 5.56 Å². The maximum absolute atomic E-state index is 12.0. The first-order chi connectivity index (χ1) is 11.4. The summed E-state index contributed by atoms with van der Waals surface area (Å²) < 4.78 is 5.46. The van der Waals surface area contributed by atoms with Crippen molar-refractivity contribution in [2.75, 3.05) is 24.0 Å². The Morgan fingerprint density at radius 2 is 2.12 bits per heavy atom. The molecule has 3 N–H and O–H groups in total. The van der Waals surface area contributed by atoms with Crippen LogP contribution in [0.1, 0.15) is 16.1 Å². The van der Waals surface area contributed by atoms with Crippen LogP contribution in [0.25, 0.3) is 0 Å². The van der Waals surface area contributed by atoms with Crippen molar-refractivity contribution in [3.8, 4) is 0 Å². The number of thioether (sulfide) groups is 1. The SMILES string of the molecule is COC(=O)c1cccc(NC(=O)CSc2nnc(C)c(=O)n2N)c1. The van der Waals surface area contributed by atoms with Gasteiger partial charge in [-0.3, -0.25) is 9.59 Å². The number of aromatic nitrogens is 3. The lowest BCUT2D eigenvalue weighted by molar-refractivity contribution is -0.113. The Hall–Kier alpha value is -2.88. The van der Waals surface area contributed by atoms with E-state index in [0.29, 0.717) is 11.3 Å². The number of hydrogen-bond acceptors (Lipinski definition) is 8. The summed E-state index contributed by atoms with van der Waals surface area (Å²) in [5.41, 5.74) is 0.469. The number of nitrogen functional groups attached to an aromatic ring is 1.